The van der Waals surface area contributed by atoms with E-state index < -0.39 is 0 Å². The van der Waals surface area contributed by atoms with E-state index in [0.717, 1.165) is 25.4 Å². The summed E-state index contributed by atoms with van der Waals surface area (Å²) in [6, 6.07) is 1.48. The van der Waals surface area contributed by atoms with Crippen LogP contribution in [0.2, 0.25) is 0 Å². The predicted octanol–water partition coefficient (Wildman–Crippen LogP) is 2.39. The normalized spacial score (nSPS) is 31.1. The zero-order valence-electron chi connectivity index (χ0n) is 12.8. The molecule has 3 atom stereocenters. The Hall–Kier alpha value is -0.120. The lowest BCUT2D eigenvalue weighted by molar-refractivity contribution is 0.0373. The Balaban J connectivity index is 1.86. The maximum Gasteiger partial charge on any atom is 0.0540 e. The fraction of sp³-hybridized carbons (Fsp3) is 1.00. The van der Waals surface area contributed by atoms with Crippen LogP contribution in [-0.2, 0) is 0 Å². The van der Waals surface area contributed by atoms with Crippen molar-refractivity contribution < 1.29 is 5.11 Å². The third-order valence-corrected chi connectivity index (χ3v) is 4.92. The van der Waals surface area contributed by atoms with Crippen molar-refractivity contribution in [2.45, 2.75) is 77.0 Å². The summed E-state index contributed by atoms with van der Waals surface area (Å²) in [7, 11) is 0. The molecule has 0 radical (unpaired) electrons. The quantitative estimate of drug-likeness (QED) is 0.744. The van der Waals surface area contributed by atoms with E-state index in [9.17, 15) is 5.11 Å². The summed E-state index contributed by atoms with van der Waals surface area (Å²) in [5.74, 6) is 0.679. The lowest BCUT2D eigenvalue weighted by Gasteiger charge is -2.46. The van der Waals surface area contributed by atoms with E-state index >= 15 is 0 Å². The van der Waals surface area contributed by atoms with Crippen LogP contribution in [0.3, 0.4) is 0 Å². The van der Waals surface area contributed by atoms with Gasteiger partial charge in [0.25, 0.3) is 0 Å². The Bertz CT molecular complexity index is 255. The first-order chi connectivity index (χ1) is 9.22. The fourth-order valence-corrected chi connectivity index (χ4v) is 3.51. The van der Waals surface area contributed by atoms with E-state index in [0.29, 0.717) is 12.0 Å². The Morgan fingerprint density at radius 1 is 1.26 bits per heavy atom. The minimum atomic E-state index is -0.0989. The lowest BCUT2D eigenvalue weighted by Crippen LogP contribution is -2.54. The van der Waals surface area contributed by atoms with Crippen molar-refractivity contribution >= 4 is 0 Å². The third kappa shape index (κ3) is 4.44. The van der Waals surface area contributed by atoms with Crippen LogP contribution in [-0.4, -0.2) is 47.8 Å². The summed E-state index contributed by atoms with van der Waals surface area (Å²) >= 11 is 0. The number of nitrogens with one attached hydrogen (secondary N) is 1. The minimum Gasteiger partial charge on any atom is -0.393 e. The zero-order valence-corrected chi connectivity index (χ0v) is 12.8. The molecule has 2 aliphatic rings. The van der Waals surface area contributed by atoms with Crippen LogP contribution in [0.5, 0.6) is 0 Å². The topological polar surface area (TPSA) is 35.5 Å². The lowest BCUT2D eigenvalue weighted by atomic mass is 9.84. The standard InChI is InChI=1S/C16H32N2O/c1-3-8-17-14-9-13(10-16(19)4-2)11-18(12-14)15-6-5-7-15/h13-17,19H,3-12H2,1-2H3. The molecule has 1 saturated carbocycles. The maximum atomic E-state index is 9.93. The summed E-state index contributed by atoms with van der Waals surface area (Å²) in [4.78, 5) is 2.70. The van der Waals surface area contributed by atoms with E-state index in [-0.39, 0.29) is 6.10 Å². The number of hydrogen-bond donors (Lipinski definition) is 2. The third-order valence-electron chi connectivity index (χ3n) is 4.92. The molecular weight excluding hydrogens is 236 g/mol. The molecule has 0 amide bonds. The van der Waals surface area contributed by atoms with Gasteiger partial charge in [-0.05, 0) is 51.0 Å². The van der Waals surface area contributed by atoms with Crippen molar-refractivity contribution in [2.24, 2.45) is 5.92 Å². The van der Waals surface area contributed by atoms with Gasteiger partial charge in [0.1, 0.15) is 0 Å². The molecule has 0 aromatic heterocycles. The van der Waals surface area contributed by atoms with Crippen molar-refractivity contribution in [2.75, 3.05) is 19.6 Å². The molecule has 0 aromatic rings. The Kier molecular flexibility index (Phi) is 6.11. The first-order valence-electron chi connectivity index (χ1n) is 8.38. The Morgan fingerprint density at radius 3 is 2.63 bits per heavy atom. The van der Waals surface area contributed by atoms with Crippen molar-refractivity contribution in [1.29, 1.82) is 0 Å². The number of aliphatic hydroxyl groups excluding tert-OH is 1. The first kappa shape index (κ1) is 15.3. The molecule has 1 saturated heterocycles. The monoisotopic (exact) mass is 268 g/mol. The molecule has 0 aromatic carbocycles. The second-order valence-electron chi connectivity index (χ2n) is 6.59. The zero-order chi connectivity index (χ0) is 13.7. The SMILES string of the molecule is CCCNC1CC(CC(O)CC)CN(C2CCC2)C1. The molecule has 2 fully saturated rings. The second-order valence-corrected chi connectivity index (χ2v) is 6.59. The van der Waals surface area contributed by atoms with Crippen LogP contribution in [0.15, 0.2) is 0 Å². The highest BCUT2D eigenvalue weighted by atomic mass is 16.3. The number of aliphatic hydroxyl groups is 1. The molecule has 3 unspecified atom stereocenters. The van der Waals surface area contributed by atoms with Crippen molar-refractivity contribution in [3.05, 3.63) is 0 Å². The van der Waals surface area contributed by atoms with Crippen LogP contribution >= 0.6 is 0 Å². The highest BCUT2D eigenvalue weighted by Gasteiger charge is 2.33. The molecule has 1 heterocycles. The van der Waals surface area contributed by atoms with E-state index in [1.165, 1.54) is 45.2 Å². The first-order valence-corrected chi connectivity index (χ1v) is 8.38. The van der Waals surface area contributed by atoms with Crippen LogP contribution in [0, 0.1) is 5.92 Å². The molecule has 1 aliphatic carbocycles. The molecule has 19 heavy (non-hydrogen) atoms. The van der Waals surface area contributed by atoms with Gasteiger partial charge in [0, 0.05) is 25.2 Å². The van der Waals surface area contributed by atoms with Crippen molar-refractivity contribution in [3.8, 4) is 0 Å². The van der Waals surface area contributed by atoms with E-state index in [1.807, 2.05) is 0 Å². The average Bonchev–Trinajstić information content (AvgIpc) is 2.34. The predicted molar refractivity (Wildman–Crippen MR) is 80.3 cm³/mol. The summed E-state index contributed by atoms with van der Waals surface area (Å²) in [5.41, 5.74) is 0. The van der Waals surface area contributed by atoms with Crippen LogP contribution in [0.25, 0.3) is 0 Å². The van der Waals surface area contributed by atoms with Gasteiger partial charge in [-0.3, -0.25) is 4.90 Å². The van der Waals surface area contributed by atoms with Crippen LogP contribution in [0.4, 0.5) is 0 Å². The summed E-state index contributed by atoms with van der Waals surface area (Å²) in [6.07, 6.45) is 8.45. The number of piperidine rings is 1. The van der Waals surface area contributed by atoms with Gasteiger partial charge in [-0.25, -0.2) is 0 Å². The maximum absolute atomic E-state index is 9.93. The van der Waals surface area contributed by atoms with E-state index in [2.05, 4.69) is 24.1 Å². The highest BCUT2D eigenvalue weighted by molar-refractivity contribution is 4.90. The second kappa shape index (κ2) is 7.61. The summed E-state index contributed by atoms with van der Waals surface area (Å²) in [6.45, 7) is 7.89. The molecule has 3 heteroatoms. The number of rotatable bonds is 7. The van der Waals surface area contributed by atoms with Gasteiger partial charge in [0.15, 0.2) is 0 Å². The van der Waals surface area contributed by atoms with Gasteiger partial charge < -0.3 is 10.4 Å². The van der Waals surface area contributed by atoms with Gasteiger partial charge in [0.05, 0.1) is 6.10 Å². The molecule has 0 bridgehead atoms. The Morgan fingerprint density at radius 2 is 2.05 bits per heavy atom. The van der Waals surface area contributed by atoms with Crippen molar-refractivity contribution in [1.82, 2.24) is 10.2 Å². The van der Waals surface area contributed by atoms with E-state index in [4.69, 9.17) is 0 Å². The van der Waals surface area contributed by atoms with Gasteiger partial charge in [-0.1, -0.05) is 20.3 Å². The smallest absolute Gasteiger partial charge is 0.0540 e. The number of likely N-dealkylation sites (tertiary alicyclic amines) is 1. The average molecular weight is 268 g/mol. The minimum absolute atomic E-state index is 0.0989. The van der Waals surface area contributed by atoms with Gasteiger partial charge in [-0.15, -0.1) is 0 Å². The molecule has 0 spiro atoms. The van der Waals surface area contributed by atoms with Crippen LogP contribution in [0.1, 0.15) is 58.8 Å². The number of nitrogens with zero attached hydrogens (tertiary/aromatic N) is 1. The fourth-order valence-electron chi connectivity index (χ4n) is 3.51. The Labute approximate surface area is 118 Å². The molecule has 112 valence electrons. The highest BCUT2D eigenvalue weighted by Crippen LogP contribution is 2.31. The summed E-state index contributed by atoms with van der Waals surface area (Å²) in [5, 5.41) is 13.6. The van der Waals surface area contributed by atoms with Gasteiger partial charge in [0.2, 0.25) is 0 Å². The van der Waals surface area contributed by atoms with Crippen molar-refractivity contribution in [3.63, 3.8) is 0 Å². The van der Waals surface area contributed by atoms with Gasteiger partial charge >= 0.3 is 0 Å². The number of hydrogen-bond acceptors (Lipinski definition) is 3. The molecular formula is C16H32N2O. The molecule has 3 nitrogen and oxygen atoms in total. The summed E-state index contributed by atoms with van der Waals surface area (Å²) < 4.78 is 0. The van der Waals surface area contributed by atoms with Crippen LogP contribution < -0.4 is 5.32 Å². The molecule has 1 aliphatic heterocycles. The molecule has 2 N–H and O–H groups in total. The van der Waals surface area contributed by atoms with Gasteiger partial charge in [-0.2, -0.15) is 0 Å². The molecule has 2 rings (SSSR count). The largest absolute Gasteiger partial charge is 0.393 e. The van der Waals surface area contributed by atoms with E-state index in [1.54, 1.807) is 0 Å².